The summed E-state index contributed by atoms with van der Waals surface area (Å²) in [7, 11) is 0. The summed E-state index contributed by atoms with van der Waals surface area (Å²) < 4.78 is 81.1. The molecule has 17 heteroatoms. The van der Waals surface area contributed by atoms with Crippen molar-refractivity contribution in [2.45, 2.75) is 69.1 Å². The van der Waals surface area contributed by atoms with E-state index in [1.807, 2.05) is 11.1 Å². The van der Waals surface area contributed by atoms with E-state index in [1.165, 1.54) is 11.3 Å². The summed E-state index contributed by atoms with van der Waals surface area (Å²) in [5.41, 5.74) is 2.47. The highest BCUT2D eigenvalue weighted by molar-refractivity contribution is 5.73. The second-order valence-corrected chi connectivity index (χ2v) is 12.4. The van der Waals surface area contributed by atoms with Gasteiger partial charge in [-0.3, -0.25) is 9.58 Å². The standard InChI is InChI=1S/C26H35F3N8O.C2HF3O2/c1-15-11-31-37(17-13-38-14-17)24(15)18-3-6-35(20-9-19(18)20)22-10-23(33-25(32-22)26(27,28)29)36-12-21(16(36)2)34-7-4-30-5-8-34;3-2(4,5)1(6)7/h10-11,16-21,30H,3-9,12-14H2,1-2H3;(H,6,7)/t16-,18+,19+,20+,21-;/m1./s1. The quantitative estimate of drug-likeness (QED) is 0.471. The predicted octanol–water partition coefficient (Wildman–Crippen LogP) is 3.07. The summed E-state index contributed by atoms with van der Waals surface area (Å²) in [6.07, 6.45) is -5.91. The molecule has 0 radical (unpaired) electrons. The van der Waals surface area contributed by atoms with E-state index in [4.69, 9.17) is 14.6 Å². The number of rotatable bonds is 5. The van der Waals surface area contributed by atoms with E-state index in [1.54, 1.807) is 6.07 Å². The number of hydrogen-bond donors (Lipinski definition) is 2. The van der Waals surface area contributed by atoms with Crippen LogP contribution in [0.25, 0.3) is 0 Å². The van der Waals surface area contributed by atoms with Crippen molar-refractivity contribution < 1.29 is 41.0 Å². The van der Waals surface area contributed by atoms with Crippen molar-refractivity contribution in [2.75, 3.05) is 62.3 Å². The monoisotopic (exact) mass is 646 g/mol. The van der Waals surface area contributed by atoms with Gasteiger partial charge in [0.15, 0.2) is 0 Å². The largest absolute Gasteiger partial charge is 0.490 e. The first-order chi connectivity index (χ1) is 21.2. The third kappa shape index (κ3) is 6.30. The number of fused-ring (bicyclic) bond motifs is 1. The van der Waals surface area contributed by atoms with E-state index >= 15 is 0 Å². The molecule has 2 aromatic rings. The normalized spacial score (nSPS) is 28.8. The van der Waals surface area contributed by atoms with Crippen LogP contribution in [0.3, 0.4) is 0 Å². The molecule has 2 N–H and O–H groups in total. The second kappa shape index (κ2) is 11.9. The molecule has 11 nitrogen and oxygen atoms in total. The Balaban J connectivity index is 0.000000460. The molecule has 0 spiro atoms. The van der Waals surface area contributed by atoms with Gasteiger partial charge in [0, 0.05) is 75.1 Å². The molecule has 2 aromatic heterocycles. The Morgan fingerprint density at radius 3 is 2.22 bits per heavy atom. The first kappa shape index (κ1) is 31.8. The van der Waals surface area contributed by atoms with Crippen LogP contribution in [-0.2, 0) is 15.7 Å². The summed E-state index contributed by atoms with van der Waals surface area (Å²) in [5.74, 6) is -2.25. The minimum absolute atomic E-state index is 0.107. The fourth-order valence-corrected chi connectivity index (χ4v) is 7.02. The molecular weight excluding hydrogens is 610 g/mol. The summed E-state index contributed by atoms with van der Waals surface area (Å²) in [6, 6.07) is 2.71. The molecule has 5 fully saturated rings. The van der Waals surface area contributed by atoms with Crippen molar-refractivity contribution in [1.82, 2.24) is 30.0 Å². The van der Waals surface area contributed by atoms with Crippen molar-refractivity contribution in [3.05, 3.63) is 29.3 Å². The van der Waals surface area contributed by atoms with Crippen molar-refractivity contribution in [1.29, 1.82) is 0 Å². The predicted molar refractivity (Wildman–Crippen MR) is 149 cm³/mol. The zero-order chi connectivity index (χ0) is 32.3. The lowest BCUT2D eigenvalue weighted by Crippen LogP contribution is -2.68. The molecule has 7 rings (SSSR count). The Hall–Kier alpha value is -3.18. The maximum absolute atomic E-state index is 13.9. The van der Waals surface area contributed by atoms with Gasteiger partial charge in [-0.2, -0.15) is 31.4 Å². The molecule has 0 aromatic carbocycles. The van der Waals surface area contributed by atoms with E-state index in [0.29, 0.717) is 55.8 Å². The van der Waals surface area contributed by atoms with Crippen LogP contribution in [0, 0.1) is 12.8 Å². The number of piperidine rings is 1. The molecule has 0 amide bonds. The van der Waals surface area contributed by atoms with Crippen LogP contribution in [0.5, 0.6) is 0 Å². The van der Waals surface area contributed by atoms with Gasteiger partial charge in [0.25, 0.3) is 0 Å². The molecule has 0 unspecified atom stereocenters. The fourth-order valence-electron chi connectivity index (χ4n) is 7.02. The SMILES string of the molecule is Cc1cnn(C2COC2)c1[C@H]1CCN(c2cc(N3C[C@@H](N4CCNCC4)[C@H]3C)nc(C(F)(F)F)n2)[C@H]2C[C@@H]12.O=C(O)C(F)(F)F. The van der Waals surface area contributed by atoms with Crippen LogP contribution < -0.4 is 15.1 Å². The van der Waals surface area contributed by atoms with Gasteiger partial charge in [-0.1, -0.05) is 0 Å². The lowest BCUT2D eigenvalue weighted by molar-refractivity contribution is -0.192. The number of carbonyl (C=O) groups is 1. The fraction of sp³-hybridized carbons (Fsp3) is 0.714. The van der Waals surface area contributed by atoms with E-state index in [2.05, 4.69) is 48.7 Å². The van der Waals surface area contributed by atoms with E-state index in [9.17, 15) is 26.3 Å². The third-order valence-electron chi connectivity index (χ3n) is 9.58. The van der Waals surface area contributed by atoms with Crippen molar-refractivity contribution in [3.63, 3.8) is 0 Å². The van der Waals surface area contributed by atoms with Crippen molar-refractivity contribution >= 4 is 17.6 Å². The van der Waals surface area contributed by atoms with Gasteiger partial charge in [-0.05, 0) is 38.2 Å². The minimum atomic E-state index is -5.08. The maximum atomic E-state index is 13.9. The first-order valence-corrected chi connectivity index (χ1v) is 15.1. The van der Waals surface area contributed by atoms with E-state index < -0.39 is 24.1 Å². The topological polar surface area (TPSA) is 112 Å². The van der Waals surface area contributed by atoms with Gasteiger partial charge in [-0.15, -0.1) is 0 Å². The van der Waals surface area contributed by atoms with Crippen molar-refractivity contribution in [3.8, 4) is 0 Å². The van der Waals surface area contributed by atoms with E-state index in [-0.39, 0.29) is 18.1 Å². The molecule has 1 saturated carbocycles. The van der Waals surface area contributed by atoms with Gasteiger partial charge in [0.05, 0.1) is 25.5 Å². The molecule has 4 aliphatic heterocycles. The Kier molecular flexibility index (Phi) is 8.39. The lowest BCUT2D eigenvalue weighted by atomic mass is 9.90. The number of nitrogens with one attached hydrogen (secondary N) is 1. The molecule has 5 aliphatic rings. The molecule has 248 valence electrons. The van der Waals surface area contributed by atoms with Crippen LogP contribution in [-0.4, -0.2) is 113 Å². The summed E-state index contributed by atoms with van der Waals surface area (Å²) in [4.78, 5) is 23.5. The highest BCUT2D eigenvalue weighted by Crippen LogP contribution is 2.53. The zero-order valence-electron chi connectivity index (χ0n) is 24.9. The van der Waals surface area contributed by atoms with Crippen LogP contribution in [0.2, 0.25) is 0 Å². The number of aryl methyl sites for hydroxylation is 1. The van der Waals surface area contributed by atoms with Gasteiger partial charge < -0.3 is 25.0 Å². The lowest BCUT2D eigenvalue weighted by Gasteiger charge is -2.53. The second-order valence-electron chi connectivity index (χ2n) is 12.4. The number of anilines is 2. The Bertz CT molecular complexity index is 1390. The highest BCUT2D eigenvalue weighted by atomic mass is 19.4. The van der Waals surface area contributed by atoms with Crippen molar-refractivity contribution in [2.24, 2.45) is 5.92 Å². The molecular formula is C28H36F6N8O3. The van der Waals surface area contributed by atoms with Gasteiger partial charge in [0.1, 0.15) is 11.6 Å². The molecule has 4 saturated heterocycles. The number of carboxylic acid groups (broad SMARTS) is 1. The summed E-state index contributed by atoms with van der Waals surface area (Å²) in [5, 5.41) is 15.1. The number of ether oxygens (including phenoxy) is 1. The average Bonchev–Trinajstić information content (AvgIpc) is 3.67. The Morgan fingerprint density at radius 1 is 1.02 bits per heavy atom. The van der Waals surface area contributed by atoms with Crippen LogP contribution in [0.4, 0.5) is 38.0 Å². The van der Waals surface area contributed by atoms with Crippen LogP contribution in [0.15, 0.2) is 12.3 Å². The van der Waals surface area contributed by atoms with Gasteiger partial charge in [-0.25, -0.2) is 14.8 Å². The van der Waals surface area contributed by atoms with Crippen LogP contribution >= 0.6 is 0 Å². The number of nitrogens with zero attached hydrogens (tertiary/aromatic N) is 7. The first-order valence-electron chi connectivity index (χ1n) is 15.1. The Morgan fingerprint density at radius 2 is 1.67 bits per heavy atom. The molecule has 6 heterocycles. The number of carboxylic acids is 1. The summed E-state index contributed by atoms with van der Waals surface area (Å²) >= 11 is 0. The molecule has 1 aliphatic carbocycles. The molecule has 0 bridgehead atoms. The number of halogens is 6. The molecule has 45 heavy (non-hydrogen) atoms. The van der Waals surface area contributed by atoms with Gasteiger partial charge >= 0.3 is 18.3 Å². The number of aromatic nitrogens is 4. The number of piperazine rings is 1. The number of hydrogen-bond acceptors (Lipinski definition) is 9. The Labute approximate surface area is 255 Å². The average molecular weight is 647 g/mol. The third-order valence-corrected chi connectivity index (χ3v) is 9.58. The number of alkyl halides is 6. The van der Waals surface area contributed by atoms with E-state index in [0.717, 1.165) is 39.0 Å². The molecule has 5 atom stereocenters. The van der Waals surface area contributed by atoms with Gasteiger partial charge in [0.2, 0.25) is 5.82 Å². The maximum Gasteiger partial charge on any atom is 0.490 e. The minimum Gasteiger partial charge on any atom is -0.475 e. The van der Waals surface area contributed by atoms with Crippen LogP contribution in [0.1, 0.15) is 48.8 Å². The summed E-state index contributed by atoms with van der Waals surface area (Å²) in [6.45, 7) is 10.8. The zero-order valence-corrected chi connectivity index (χ0v) is 24.9. The number of aliphatic carboxylic acids is 1. The smallest absolute Gasteiger partial charge is 0.475 e. The highest BCUT2D eigenvalue weighted by Gasteiger charge is 2.53.